The number of thiophene rings is 1. The molecule has 0 saturated heterocycles. The molecule has 0 fully saturated rings. The van der Waals surface area contributed by atoms with Gasteiger partial charge in [-0.25, -0.2) is 0 Å². The van der Waals surface area contributed by atoms with Crippen molar-refractivity contribution in [1.29, 1.82) is 0 Å². The van der Waals surface area contributed by atoms with Crippen LogP contribution < -0.4 is 4.90 Å². The van der Waals surface area contributed by atoms with Crippen molar-refractivity contribution >= 4 is 21.7 Å². The molecule has 0 aromatic carbocycles. The van der Waals surface area contributed by atoms with E-state index in [2.05, 4.69) is 9.79 Å². The summed E-state index contributed by atoms with van der Waals surface area (Å²) in [6.45, 7) is 0. The van der Waals surface area contributed by atoms with Crippen LogP contribution in [0.1, 0.15) is 0 Å². The van der Waals surface area contributed by atoms with Gasteiger partial charge in [0.2, 0.25) is 0 Å². The Balaban J connectivity index is 2.99. The minimum absolute atomic E-state index is 0.403. The topological polar surface area (TPSA) is 53.0 Å². The lowest BCUT2D eigenvalue weighted by molar-refractivity contribution is -0.780. The fraction of sp³-hybridized carbons (Fsp3) is 0. The molecule has 0 atom stereocenters. The minimum Gasteiger partial charge on any atom is -0.358 e. The molecule has 2 aromatic heterocycles. The van der Waals surface area contributed by atoms with Crippen LogP contribution in [0.3, 0.4) is 0 Å². The van der Waals surface area contributed by atoms with E-state index in [4.69, 9.17) is 0 Å². The molecule has 0 saturated carbocycles. The zero-order valence-electron chi connectivity index (χ0n) is 4.27. The Morgan fingerprint density at radius 3 is 3.44 bits per heavy atom. The van der Waals surface area contributed by atoms with E-state index in [0.717, 1.165) is 0 Å². The Bertz CT molecular complexity index is 326. The second-order valence-electron chi connectivity index (χ2n) is 1.54. The van der Waals surface area contributed by atoms with Gasteiger partial charge >= 0.3 is 0 Å². The van der Waals surface area contributed by atoms with Crippen molar-refractivity contribution in [3.05, 3.63) is 16.7 Å². The van der Waals surface area contributed by atoms with E-state index in [1.165, 1.54) is 11.3 Å². The molecule has 2 heterocycles. The van der Waals surface area contributed by atoms with Crippen LogP contribution in [0.25, 0.3) is 10.3 Å². The Labute approximate surface area is 53.8 Å². The molecule has 4 nitrogen and oxygen atoms in total. The summed E-state index contributed by atoms with van der Waals surface area (Å²) in [5.41, 5.74) is 0.620. The Kier molecular flexibility index (Phi) is 0.762. The van der Waals surface area contributed by atoms with Crippen LogP contribution in [0.4, 0.5) is 0 Å². The lowest BCUT2D eigenvalue weighted by atomic mass is 10.6. The fourth-order valence-corrected chi connectivity index (χ4v) is 1.29. The predicted molar refractivity (Wildman–Crippen MR) is 30.8 cm³/mol. The van der Waals surface area contributed by atoms with Crippen LogP contribution in [0.5, 0.6) is 0 Å². The second-order valence-corrected chi connectivity index (χ2v) is 2.44. The lowest BCUT2D eigenvalue weighted by Crippen LogP contribution is -2.21. The van der Waals surface area contributed by atoms with E-state index in [-0.39, 0.29) is 0 Å². The number of rotatable bonds is 0. The average molecular weight is 142 g/mol. The first-order valence-electron chi connectivity index (χ1n) is 2.31. The Morgan fingerprint density at radius 1 is 1.78 bits per heavy atom. The molecular weight excluding hydrogens is 140 g/mol. The van der Waals surface area contributed by atoms with Crippen LogP contribution in [0, 0.1) is 5.21 Å². The summed E-state index contributed by atoms with van der Waals surface area (Å²) in [5, 5.41) is 15.8. The Hall–Kier alpha value is -1.10. The first kappa shape index (κ1) is 4.75. The highest BCUT2D eigenvalue weighted by Crippen LogP contribution is 2.12. The van der Waals surface area contributed by atoms with E-state index in [1.54, 1.807) is 11.4 Å². The molecule has 46 valence electrons. The van der Waals surface area contributed by atoms with Gasteiger partial charge in [0, 0.05) is 11.2 Å². The standard InChI is InChI=1S/C4H2N2O2S/c7-6-4-3(5-8-6)1-2-9-4/h1-2H. The van der Waals surface area contributed by atoms with Gasteiger partial charge < -0.3 is 5.21 Å². The average Bonchev–Trinajstić information content (AvgIpc) is 2.35. The molecule has 0 aliphatic rings. The van der Waals surface area contributed by atoms with Crippen molar-refractivity contribution in [2.75, 3.05) is 0 Å². The van der Waals surface area contributed by atoms with Gasteiger partial charge in [-0.3, -0.25) is 4.63 Å². The SMILES string of the molecule is [O-][n+]1onc2ccsc21. The number of aromatic nitrogens is 2. The monoisotopic (exact) mass is 142 g/mol. The zero-order valence-corrected chi connectivity index (χ0v) is 5.09. The molecular formula is C4H2N2O2S. The summed E-state index contributed by atoms with van der Waals surface area (Å²) < 4.78 is 4.28. The highest BCUT2D eigenvalue weighted by Gasteiger charge is 2.07. The predicted octanol–water partition coefficient (Wildman–Crippen LogP) is 0.523. The van der Waals surface area contributed by atoms with E-state index < -0.39 is 0 Å². The van der Waals surface area contributed by atoms with Crippen LogP contribution in [0.2, 0.25) is 0 Å². The van der Waals surface area contributed by atoms with Gasteiger partial charge in [-0.1, -0.05) is 11.3 Å². The molecule has 0 spiro atoms. The zero-order chi connectivity index (χ0) is 6.27. The fourth-order valence-electron chi connectivity index (χ4n) is 0.619. The van der Waals surface area contributed by atoms with E-state index in [9.17, 15) is 5.21 Å². The molecule has 9 heavy (non-hydrogen) atoms. The third-order valence-electron chi connectivity index (χ3n) is 1.00. The van der Waals surface area contributed by atoms with Crippen LogP contribution in [-0.2, 0) is 0 Å². The van der Waals surface area contributed by atoms with Crippen LogP contribution in [-0.4, -0.2) is 5.16 Å². The summed E-state index contributed by atoms with van der Waals surface area (Å²) in [6.07, 6.45) is 0. The smallest absolute Gasteiger partial charge is 0.279 e. The van der Waals surface area contributed by atoms with Crippen molar-refractivity contribution in [2.24, 2.45) is 0 Å². The maximum Gasteiger partial charge on any atom is 0.279 e. The van der Waals surface area contributed by atoms with Crippen LogP contribution in [0.15, 0.2) is 16.1 Å². The summed E-state index contributed by atoms with van der Waals surface area (Å²) in [7, 11) is 0. The lowest BCUT2D eigenvalue weighted by Gasteiger charge is -1.77. The molecule has 0 unspecified atom stereocenters. The number of fused-ring (bicyclic) bond motifs is 1. The maximum atomic E-state index is 10.5. The summed E-state index contributed by atoms with van der Waals surface area (Å²) in [5.74, 6) is 0. The second kappa shape index (κ2) is 1.44. The van der Waals surface area contributed by atoms with Crippen molar-refractivity contribution in [3.63, 3.8) is 0 Å². The summed E-state index contributed by atoms with van der Waals surface area (Å²) in [4.78, 5) is 0.926. The Morgan fingerprint density at radius 2 is 2.67 bits per heavy atom. The number of hydrogen-bond acceptors (Lipinski definition) is 4. The number of nitrogens with zero attached hydrogens (tertiary/aromatic N) is 2. The van der Waals surface area contributed by atoms with Gasteiger partial charge in [-0.2, -0.15) is 0 Å². The highest BCUT2D eigenvalue weighted by atomic mass is 32.1. The number of hydrogen-bond donors (Lipinski definition) is 0. The highest BCUT2D eigenvalue weighted by molar-refractivity contribution is 7.16. The summed E-state index contributed by atoms with van der Waals surface area (Å²) >= 11 is 1.31. The van der Waals surface area contributed by atoms with Gasteiger partial charge in [-0.05, 0) is 10.3 Å². The van der Waals surface area contributed by atoms with E-state index >= 15 is 0 Å². The quantitative estimate of drug-likeness (QED) is 0.504. The first-order chi connectivity index (χ1) is 4.38. The van der Waals surface area contributed by atoms with Crippen molar-refractivity contribution in [3.8, 4) is 0 Å². The maximum absolute atomic E-state index is 10.5. The third kappa shape index (κ3) is 0.517. The molecule has 5 heteroatoms. The van der Waals surface area contributed by atoms with Crippen molar-refractivity contribution in [1.82, 2.24) is 5.16 Å². The molecule has 2 rings (SSSR count). The van der Waals surface area contributed by atoms with Gasteiger partial charge in [0.25, 0.3) is 10.3 Å². The van der Waals surface area contributed by atoms with Crippen molar-refractivity contribution < 1.29 is 9.53 Å². The molecule has 0 aliphatic heterocycles. The van der Waals surface area contributed by atoms with E-state index in [1.807, 2.05) is 0 Å². The van der Waals surface area contributed by atoms with Gasteiger partial charge in [0.05, 0.1) is 0 Å². The van der Waals surface area contributed by atoms with Crippen molar-refractivity contribution in [2.45, 2.75) is 0 Å². The van der Waals surface area contributed by atoms with Gasteiger partial charge in [0.15, 0.2) is 0 Å². The minimum atomic E-state index is 0.403. The van der Waals surface area contributed by atoms with E-state index in [0.29, 0.717) is 15.3 Å². The van der Waals surface area contributed by atoms with Gasteiger partial charge in [-0.15, -0.1) is 0 Å². The third-order valence-corrected chi connectivity index (χ3v) is 1.86. The summed E-state index contributed by atoms with van der Waals surface area (Å²) in [6, 6.07) is 1.73. The van der Waals surface area contributed by atoms with Gasteiger partial charge in [0.1, 0.15) is 0 Å². The molecule has 0 aliphatic carbocycles. The molecule has 0 bridgehead atoms. The largest absolute Gasteiger partial charge is 0.358 e. The normalized spacial score (nSPS) is 10.7. The molecule has 0 amide bonds. The van der Waals surface area contributed by atoms with Crippen LogP contribution >= 0.6 is 11.3 Å². The molecule has 2 aromatic rings. The first-order valence-corrected chi connectivity index (χ1v) is 3.19. The molecule has 0 N–H and O–H groups in total. The molecule has 0 radical (unpaired) electrons.